The van der Waals surface area contributed by atoms with Crippen LogP contribution in [0, 0.1) is 5.82 Å². The summed E-state index contributed by atoms with van der Waals surface area (Å²) in [7, 11) is 1.42. The summed E-state index contributed by atoms with van der Waals surface area (Å²) in [5.41, 5.74) is 7.39. The molecule has 0 amide bonds. The zero-order valence-electron chi connectivity index (χ0n) is 9.73. The van der Waals surface area contributed by atoms with Gasteiger partial charge in [0.1, 0.15) is 0 Å². The average Bonchev–Trinajstić information content (AvgIpc) is 2.38. The number of rotatable bonds is 3. The quantitative estimate of drug-likeness (QED) is 0.948. The van der Waals surface area contributed by atoms with Crippen molar-refractivity contribution in [3.05, 3.63) is 58.1 Å². The van der Waals surface area contributed by atoms with Gasteiger partial charge < -0.3 is 10.5 Å². The van der Waals surface area contributed by atoms with E-state index in [1.165, 1.54) is 13.2 Å². The van der Waals surface area contributed by atoms with E-state index >= 15 is 0 Å². The minimum absolute atomic E-state index is 0.200. The van der Waals surface area contributed by atoms with E-state index in [4.69, 9.17) is 10.5 Å². The molecule has 0 aliphatic carbocycles. The molecule has 94 valence electrons. The molecule has 0 bridgehead atoms. The Morgan fingerprint density at radius 1 is 1.39 bits per heavy atom. The van der Waals surface area contributed by atoms with Gasteiger partial charge in [-0.1, -0.05) is 6.07 Å². The highest BCUT2D eigenvalue weighted by atomic mass is 79.9. The maximum absolute atomic E-state index is 13.6. The molecule has 0 radical (unpaired) electrons. The first-order valence-corrected chi connectivity index (χ1v) is 6.12. The molecule has 0 fully saturated rings. The van der Waals surface area contributed by atoms with Crippen LogP contribution in [0.25, 0.3) is 0 Å². The van der Waals surface area contributed by atoms with Crippen LogP contribution in [0.15, 0.2) is 41.0 Å². The van der Waals surface area contributed by atoms with Crippen molar-refractivity contribution in [1.29, 1.82) is 0 Å². The van der Waals surface area contributed by atoms with E-state index in [-0.39, 0.29) is 5.75 Å². The van der Waals surface area contributed by atoms with E-state index < -0.39 is 11.9 Å². The van der Waals surface area contributed by atoms with Gasteiger partial charge >= 0.3 is 0 Å². The molecule has 0 spiro atoms. The molecule has 0 saturated heterocycles. The smallest absolute Gasteiger partial charge is 0.165 e. The maximum atomic E-state index is 13.6. The molecule has 0 aliphatic heterocycles. The van der Waals surface area contributed by atoms with Crippen molar-refractivity contribution in [2.24, 2.45) is 5.73 Å². The molecule has 1 unspecified atom stereocenters. The minimum Gasteiger partial charge on any atom is -0.494 e. The number of halogens is 2. The third kappa shape index (κ3) is 2.52. The molecule has 2 N–H and O–H groups in total. The van der Waals surface area contributed by atoms with Crippen LogP contribution in [-0.2, 0) is 0 Å². The lowest BCUT2D eigenvalue weighted by Crippen LogP contribution is -2.14. The second-order valence-electron chi connectivity index (χ2n) is 3.74. The van der Waals surface area contributed by atoms with Gasteiger partial charge in [0.05, 0.1) is 18.8 Å². The summed E-state index contributed by atoms with van der Waals surface area (Å²) in [6.45, 7) is 0. The fraction of sp³-hybridized carbons (Fsp3) is 0.154. The lowest BCUT2D eigenvalue weighted by Gasteiger charge is -2.14. The van der Waals surface area contributed by atoms with Gasteiger partial charge in [0.2, 0.25) is 0 Å². The number of pyridine rings is 1. The van der Waals surface area contributed by atoms with Crippen LogP contribution in [0.5, 0.6) is 5.75 Å². The molecule has 1 heterocycles. The monoisotopic (exact) mass is 310 g/mol. The lowest BCUT2D eigenvalue weighted by atomic mass is 10.0. The van der Waals surface area contributed by atoms with Crippen LogP contribution < -0.4 is 10.5 Å². The van der Waals surface area contributed by atoms with E-state index in [1.807, 2.05) is 6.07 Å². The highest BCUT2D eigenvalue weighted by Gasteiger charge is 2.15. The summed E-state index contributed by atoms with van der Waals surface area (Å²) in [5, 5.41) is 0. The van der Waals surface area contributed by atoms with Gasteiger partial charge in [-0.2, -0.15) is 0 Å². The fourth-order valence-electron chi connectivity index (χ4n) is 1.66. The molecule has 1 aromatic heterocycles. The number of nitrogens with two attached hydrogens (primary N) is 1. The molecule has 2 aromatic rings. The van der Waals surface area contributed by atoms with Crippen LogP contribution >= 0.6 is 15.9 Å². The van der Waals surface area contributed by atoms with Gasteiger partial charge in [-0.05, 0) is 45.8 Å². The Bertz CT molecular complexity index is 562. The summed E-state index contributed by atoms with van der Waals surface area (Å²) < 4.78 is 19.3. The number of nitrogens with zero attached hydrogens (tertiary/aromatic N) is 1. The number of ether oxygens (including phenoxy) is 1. The molecule has 2 rings (SSSR count). The van der Waals surface area contributed by atoms with Crippen molar-refractivity contribution >= 4 is 15.9 Å². The third-order valence-electron chi connectivity index (χ3n) is 2.62. The molecule has 18 heavy (non-hydrogen) atoms. The van der Waals surface area contributed by atoms with Gasteiger partial charge in [0.25, 0.3) is 0 Å². The summed E-state index contributed by atoms with van der Waals surface area (Å²) in [4.78, 5) is 4.20. The average molecular weight is 311 g/mol. The third-order valence-corrected chi connectivity index (χ3v) is 3.29. The minimum atomic E-state index is -0.485. The van der Waals surface area contributed by atoms with Gasteiger partial charge in [-0.3, -0.25) is 4.98 Å². The summed E-state index contributed by atoms with van der Waals surface area (Å²) >= 11 is 3.38. The van der Waals surface area contributed by atoms with Crippen molar-refractivity contribution < 1.29 is 9.13 Å². The number of hydrogen-bond acceptors (Lipinski definition) is 3. The number of benzene rings is 1. The van der Waals surface area contributed by atoms with Crippen LogP contribution in [0.1, 0.15) is 17.3 Å². The Hall–Kier alpha value is -1.46. The second-order valence-corrected chi connectivity index (χ2v) is 4.60. The Balaban J connectivity index is 2.37. The number of hydrogen-bond donors (Lipinski definition) is 1. The highest BCUT2D eigenvalue weighted by Crippen LogP contribution is 2.27. The molecule has 0 aliphatic rings. The maximum Gasteiger partial charge on any atom is 0.165 e. The lowest BCUT2D eigenvalue weighted by molar-refractivity contribution is 0.386. The second kappa shape index (κ2) is 5.46. The van der Waals surface area contributed by atoms with E-state index in [1.54, 1.807) is 24.4 Å². The van der Waals surface area contributed by atoms with E-state index in [0.717, 1.165) is 4.47 Å². The first kappa shape index (κ1) is 13.0. The molecular formula is C13H12BrFN2O. The summed E-state index contributed by atoms with van der Waals surface area (Å²) in [5.74, 6) is -0.233. The zero-order chi connectivity index (χ0) is 13.1. The molecular weight excluding hydrogens is 299 g/mol. The molecule has 3 nitrogen and oxygen atoms in total. The van der Waals surface area contributed by atoms with Gasteiger partial charge in [0.15, 0.2) is 11.6 Å². The summed E-state index contributed by atoms with van der Waals surface area (Å²) in [6.07, 6.45) is 1.65. The van der Waals surface area contributed by atoms with Crippen LogP contribution in [0.3, 0.4) is 0 Å². The van der Waals surface area contributed by atoms with E-state index in [9.17, 15) is 4.39 Å². The van der Waals surface area contributed by atoms with E-state index in [2.05, 4.69) is 20.9 Å². The normalized spacial score (nSPS) is 12.2. The topological polar surface area (TPSA) is 48.1 Å². The van der Waals surface area contributed by atoms with Crippen LogP contribution in [-0.4, -0.2) is 12.1 Å². The largest absolute Gasteiger partial charge is 0.494 e. The Kier molecular flexibility index (Phi) is 3.93. The van der Waals surface area contributed by atoms with Gasteiger partial charge in [-0.15, -0.1) is 0 Å². The predicted molar refractivity (Wildman–Crippen MR) is 70.9 cm³/mol. The van der Waals surface area contributed by atoms with Crippen molar-refractivity contribution in [3.63, 3.8) is 0 Å². The predicted octanol–water partition coefficient (Wildman–Crippen LogP) is 3.04. The Morgan fingerprint density at radius 3 is 2.78 bits per heavy atom. The fourth-order valence-corrected chi connectivity index (χ4v) is 2.16. The van der Waals surface area contributed by atoms with Gasteiger partial charge in [0, 0.05) is 10.7 Å². The van der Waals surface area contributed by atoms with Crippen molar-refractivity contribution in [3.8, 4) is 5.75 Å². The molecule has 0 saturated carbocycles. The Morgan fingerprint density at radius 2 is 2.17 bits per heavy atom. The van der Waals surface area contributed by atoms with Crippen molar-refractivity contribution in [2.45, 2.75) is 6.04 Å². The van der Waals surface area contributed by atoms with Crippen molar-refractivity contribution in [1.82, 2.24) is 4.98 Å². The van der Waals surface area contributed by atoms with Gasteiger partial charge in [-0.25, -0.2) is 4.39 Å². The SMILES string of the molecule is COc1ccc(C(N)c2ncccc2Br)cc1F. The van der Waals surface area contributed by atoms with E-state index in [0.29, 0.717) is 11.3 Å². The molecule has 5 heteroatoms. The first-order valence-electron chi connectivity index (χ1n) is 5.33. The first-order chi connectivity index (χ1) is 8.63. The molecule has 1 aromatic carbocycles. The number of aromatic nitrogens is 1. The molecule has 1 atom stereocenters. The summed E-state index contributed by atoms with van der Waals surface area (Å²) in [6, 6.07) is 7.82. The van der Waals surface area contributed by atoms with Crippen molar-refractivity contribution in [2.75, 3.05) is 7.11 Å². The highest BCUT2D eigenvalue weighted by molar-refractivity contribution is 9.10. The standard InChI is InChI=1S/C13H12BrFN2O/c1-18-11-5-4-8(7-10(11)15)12(16)13-9(14)3-2-6-17-13/h2-7,12H,16H2,1H3. The van der Waals surface area contributed by atoms with Crippen LogP contribution in [0.4, 0.5) is 4.39 Å². The number of methoxy groups -OCH3 is 1. The van der Waals surface area contributed by atoms with Crippen LogP contribution in [0.2, 0.25) is 0 Å². The Labute approximate surface area is 113 Å². The zero-order valence-corrected chi connectivity index (χ0v) is 11.3.